The molecule has 2 N–H and O–H groups in total. The van der Waals surface area contributed by atoms with Gasteiger partial charge in [0, 0.05) is 23.3 Å². The van der Waals surface area contributed by atoms with E-state index in [1.54, 1.807) is 24.3 Å². The molecule has 1 aromatic carbocycles. The summed E-state index contributed by atoms with van der Waals surface area (Å²) in [7, 11) is 4.09. The van der Waals surface area contributed by atoms with Gasteiger partial charge in [-0.2, -0.15) is 0 Å². The summed E-state index contributed by atoms with van der Waals surface area (Å²) in [4.78, 5) is 14.1. The Morgan fingerprint density at radius 1 is 1.24 bits per heavy atom. The molecule has 0 aromatic heterocycles. The summed E-state index contributed by atoms with van der Waals surface area (Å²) in [5, 5.41) is 6.85. The maximum absolute atomic E-state index is 12.0. The van der Waals surface area contributed by atoms with Crippen molar-refractivity contribution < 1.29 is 4.79 Å². The fraction of sp³-hybridized carbons (Fsp3) is 0.562. The number of anilines is 1. The summed E-state index contributed by atoms with van der Waals surface area (Å²) in [6.07, 6.45) is 1.05. The van der Waals surface area contributed by atoms with Gasteiger partial charge in [-0.25, -0.2) is 0 Å². The molecule has 0 saturated heterocycles. The first-order valence-corrected chi connectivity index (χ1v) is 7.68. The number of nitrogens with one attached hydrogen (secondary N) is 2. The largest absolute Gasteiger partial charge is 0.325 e. The van der Waals surface area contributed by atoms with Crippen LogP contribution in [0.2, 0.25) is 5.02 Å². The van der Waals surface area contributed by atoms with Gasteiger partial charge in [0.15, 0.2) is 0 Å². The minimum absolute atomic E-state index is 0.0372. The third-order valence-corrected chi connectivity index (χ3v) is 3.27. The van der Waals surface area contributed by atoms with Gasteiger partial charge in [0.2, 0.25) is 5.91 Å². The highest BCUT2D eigenvalue weighted by atomic mass is 35.5. The van der Waals surface area contributed by atoms with Crippen molar-refractivity contribution in [3.05, 3.63) is 29.3 Å². The third kappa shape index (κ3) is 8.05. The lowest BCUT2D eigenvalue weighted by Gasteiger charge is -2.23. The molecule has 0 fully saturated rings. The Kier molecular flexibility index (Phi) is 7.72. The SMILES string of the molecule is CC(C)CC(CN(C)C)NCC(=O)Nc1ccc(Cl)cc1. The number of hydrogen-bond donors (Lipinski definition) is 2. The van der Waals surface area contributed by atoms with Crippen LogP contribution in [-0.2, 0) is 4.79 Å². The van der Waals surface area contributed by atoms with Gasteiger partial charge in [-0.05, 0) is 50.7 Å². The summed E-state index contributed by atoms with van der Waals surface area (Å²) >= 11 is 5.82. The molecule has 0 bridgehead atoms. The molecule has 1 atom stereocenters. The monoisotopic (exact) mass is 311 g/mol. The Morgan fingerprint density at radius 2 is 1.86 bits per heavy atom. The highest BCUT2D eigenvalue weighted by Crippen LogP contribution is 2.13. The quantitative estimate of drug-likeness (QED) is 0.776. The summed E-state index contributed by atoms with van der Waals surface area (Å²) < 4.78 is 0. The Bertz CT molecular complexity index is 422. The van der Waals surface area contributed by atoms with Gasteiger partial charge in [0.1, 0.15) is 0 Å². The number of likely N-dealkylation sites (N-methyl/N-ethyl adjacent to an activating group) is 1. The fourth-order valence-corrected chi connectivity index (χ4v) is 2.33. The minimum Gasteiger partial charge on any atom is -0.325 e. The number of benzene rings is 1. The van der Waals surface area contributed by atoms with Crippen molar-refractivity contribution in [2.45, 2.75) is 26.3 Å². The van der Waals surface area contributed by atoms with Crippen LogP contribution in [0, 0.1) is 5.92 Å². The molecule has 0 heterocycles. The van der Waals surface area contributed by atoms with Crippen molar-refractivity contribution in [2.75, 3.05) is 32.5 Å². The molecule has 1 rings (SSSR count). The van der Waals surface area contributed by atoms with Crippen LogP contribution in [0.5, 0.6) is 0 Å². The van der Waals surface area contributed by atoms with Crippen molar-refractivity contribution in [1.29, 1.82) is 0 Å². The maximum Gasteiger partial charge on any atom is 0.238 e. The van der Waals surface area contributed by atoms with Crippen molar-refractivity contribution in [2.24, 2.45) is 5.92 Å². The van der Waals surface area contributed by atoms with E-state index in [9.17, 15) is 4.79 Å². The second-order valence-electron chi connectivity index (χ2n) is 6.02. The van der Waals surface area contributed by atoms with Gasteiger partial charge in [0.05, 0.1) is 6.54 Å². The molecular weight excluding hydrogens is 286 g/mol. The predicted molar refractivity (Wildman–Crippen MR) is 89.9 cm³/mol. The van der Waals surface area contributed by atoms with E-state index in [4.69, 9.17) is 11.6 Å². The van der Waals surface area contributed by atoms with Gasteiger partial charge in [-0.3, -0.25) is 4.79 Å². The first-order valence-electron chi connectivity index (χ1n) is 7.30. The maximum atomic E-state index is 12.0. The molecule has 0 saturated carbocycles. The van der Waals surface area contributed by atoms with E-state index >= 15 is 0 Å². The normalized spacial score (nSPS) is 12.7. The van der Waals surface area contributed by atoms with Gasteiger partial charge < -0.3 is 15.5 Å². The average Bonchev–Trinajstić information content (AvgIpc) is 2.37. The zero-order valence-electron chi connectivity index (χ0n) is 13.3. The van der Waals surface area contributed by atoms with Crippen LogP contribution < -0.4 is 10.6 Å². The van der Waals surface area contributed by atoms with E-state index < -0.39 is 0 Å². The second-order valence-corrected chi connectivity index (χ2v) is 6.46. The van der Waals surface area contributed by atoms with Crippen LogP contribution in [0.15, 0.2) is 24.3 Å². The highest BCUT2D eigenvalue weighted by Gasteiger charge is 2.13. The van der Waals surface area contributed by atoms with E-state index in [2.05, 4.69) is 29.4 Å². The predicted octanol–water partition coefficient (Wildman–Crippen LogP) is 2.84. The zero-order valence-corrected chi connectivity index (χ0v) is 14.1. The van der Waals surface area contributed by atoms with Crippen molar-refractivity contribution in [3.63, 3.8) is 0 Å². The second kappa shape index (κ2) is 9.03. The van der Waals surface area contributed by atoms with E-state index in [-0.39, 0.29) is 5.91 Å². The van der Waals surface area contributed by atoms with Crippen LogP contribution in [0.4, 0.5) is 5.69 Å². The van der Waals surface area contributed by atoms with Crippen molar-refractivity contribution in [1.82, 2.24) is 10.2 Å². The Morgan fingerprint density at radius 3 is 2.38 bits per heavy atom. The minimum atomic E-state index is -0.0372. The van der Waals surface area contributed by atoms with Crippen molar-refractivity contribution in [3.8, 4) is 0 Å². The van der Waals surface area contributed by atoms with Gasteiger partial charge in [0.25, 0.3) is 0 Å². The molecule has 0 radical (unpaired) electrons. The number of carbonyl (C=O) groups is 1. The highest BCUT2D eigenvalue weighted by molar-refractivity contribution is 6.30. The molecule has 0 aliphatic carbocycles. The molecule has 1 aromatic rings. The van der Waals surface area contributed by atoms with E-state index in [0.29, 0.717) is 23.5 Å². The van der Waals surface area contributed by atoms with Gasteiger partial charge in [-0.1, -0.05) is 25.4 Å². The molecule has 4 nitrogen and oxygen atoms in total. The van der Waals surface area contributed by atoms with Gasteiger partial charge in [-0.15, -0.1) is 0 Å². The number of nitrogens with zero attached hydrogens (tertiary/aromatic N) is 1. The Balaban J connectivity index is 2.43. The van der Waals surface area contributed by atoms with Crippen LogP contribution in [0.1, 0.15) is 20.3 Å². The van der Waals surface area contributed by atoms with E-state index in [1.165, 1.54) is 0 Å². The molecule has 118 valence electrons. The summed E-state index contributed by atoms with van der Waals surface area (Å²) in [5.74, 6) is 0.562. The smallest absolute Gasteiger partial charge is 0.238 e. The average molecular weight is 312 g/mol. The first-order chi connectivity index (χ1) is 9.86. The lowest BCUT2D eigenvalue weighted by molar-refractivity contribution is -0.115. The lowest BCUT2D eigenvalue weighted by Crippen LogP contribution is -2.42. The van der Waals surface area contributed by atoms with Crippen LogP contribution in [-0.4, -0.2) is 44.0 Å². The fourth-order valence-electron chi connectivity index (χ4n) is 2.21. The number of amides is 1. The molecule has 1 unspecified atom stereocenters. The van der Waals surface area contributed by atoms with Gasteiger partial charge >= 0.3 is 0 Å². The summed E-state index contributed by atoms with van der Waals surface area (Å²) in [5.41, 5.74) is 0.763. The Hall–Kier alpha value is -1.10. The summed E-state index contributed by atoms with van der Waals surface area (Å²) in [6, 6.07) is 7.43. The zero-order chi connectivity index (χ0) is 15.8. The van der Waals surface area contributed by atoms with E-state index in [1.807, 2.05) is 14.1 Å². The summed E-state index contributed by atoms with van der Waals surface area (Å²) in [6.45, 7) is 5.62. The van der Waals surface area contributed by atoms with Crippen LogP contribution >= 0.6 is 11.6 Å². The molecule has 0 spiro atoms. The van der Waals surface area contributed by atoms with Crippen molar-refractivity contribution >= 4 is 23.2 Å². The number of halogens is 1. The molecule has 0 aliphatic heterocycles. The lowest BCUT2D eigenvalue weighted by atomic mass is 10.0. The molecular formula is C16H26ClN3O. The topological polar surface area (TPSA) is 44.4 Å². The first kappa shape index (κ1) is 18.0. The van der Waals surface area contributed by atoms with E-state index in [0.717, 1.165) is 18.7 Å². The number of rotatable bonds is 8. The third-order valence-electron chi connectivity index (χ3n) is 3.02. The van der Waals surface area contributed by atoms with Crippen LogP contribution in [0.25, 0.3) is 0 Å². The van der Waals surface area contributed by atoms with Crippen LogP contribution in [0.3, 0.4) is 0 Å². The molecule has 21 heavy (non-hydrogen) atoms. The standard InChI is InChI=1S/C16H26ClN3O/c1-12(2)9-15(11-20(3)4)18-10-16(21)19-14-7-5-13(17)6-8-14/h5-8,12,15,18H,9-11H2,1-4H3,(H,19,21). The number of carbonyl (C=O) groups excluding carboxylic acids is 1. The molecule has 0 aliphatic rings. The Labute approximate surface area is 132 Å². The molecule has 5 heteroatoms. The number of hydrogen-bond acceptors (Lipinski definition) is 3. The molecule has 1 amide bonds.